The molecule has 20 heavy (non-hydrogen) atoms. The summed E-state index contributed by atoms with van der Waals surface area (Å²) in [5.41, 5.74) is 2.62. The van der Waals surface area contributed by atoms with Crippen LogP contribution in [0, 0.1) is 5.82 Å². The minimum atomic E-state index is -1.04. The standard InChI is InChI=1S/C15H13FN2O2/c16-12-4-3-10-5-7-18(13(10)8-12)9-11-2-1-6-17-14(11)15(19)20/h1-4,6,8H,5,7,9H2,(H,19,20). The molecule has 0 spiro atoms. The minimum absolute atomic E-state index is 0.0531. The smallest absolute Gasteiger partial charge is 0.354 e. The number of rotatable bonds is 3. The van der Waals surface area contributed by atoms with Gasteiger partial charge in [-0.3, -0.25) is 0 Å². The molecule has 2 aromatic rings. The third kappa shape index (κ3) is 2.22. The van der Waals surface area contributed by atoms with Gasteiger partial charge in [0.05, 0.1) is 0 Å². The molecule has 0 atom stereocenters. The SMILES string of the molecule is O=C(O)c1ncccc1CN1CCc2ccc(F)cc21. The molecule has 1 aromatic carbocycles. The molecular weight excluding hydrogens is 259 g/mol. The summed E-state index contributed by atoms with van der Waals surface area (Å²) < 4.78 is 13.3. The number of pyridine rings is 1. The van der Waals surface area contributed by atoms with Crippen LogP contribution in [0.5, 0.6) is 0 Å². The lowest BCUT2D eigenvalue weighted by atomic mass is 10.1. The molecule has 0 bridgehead atoms. The van der Waals surface area contributed by atoms with Crippen LogP contribution < -0.4 is 4.90 Å². The topological polar surface area (TPSA) is 53.4 Å². The van der Waals surface area contributed by atoms with Crippen LogP contribution in [0.4, 0.5) is 10.1 Å². The van der Waals surface area contributed by atoms with Gasteiger partial charge in [0, 0.05) is 30.5 Å². The fraction of sp³-hybridized carbons (Fsp3) is 0.200. The van der Waals surface area contributed by atoms with Gasteiger partial charge in [0.2, 0.25) is 0 Å². The zero-order chi connectivity index (χ0) is 14.1. The van der Waals surface area contributed by atoms with E-state index in [1.807, 2.05) is 4.90 Å². The van der Waals surface area contributed by atoms with Crippen molar-refractivity contribution in [3.8, 4) is 0 Å². The summed E-state index contributed by atoms with van der Waals surface area (Å²) >= 11 is 0. The first-order valence-electron chi connectivity index (χ1n) is 6.36. The molecule has 102 valence electrons. The van der Waals surface area contributed by atoms with Gasteiger partial charge in [-0.2, -0.15) is 0 Å². The summed E-state index contributed by atoms with van der Waals surface area (Å²) in [5.74, 6) is -1.32. The maximum Gasteiger partial charge on any atom is 0.354 e. The normalized spacial score (nSPS) is 13.3. The number of aromatic carboxylic acids is 1. The number of fused-ring (bicyclic) bond motifs is 1. The van der Waals surface area contributed by atoms with E-state index in [1.54, 1.807) is 18.2 Å². The van der Waals surface area contributed by atoms with E-state index in [2.05, 4.69) is 4.98 Å². The van der Waals surface area contributed by atoms with Crippen LogP contribution in [0.3, 0.4) is 0 Å². The number of nitrogens with zero attached hydrogens (tertiary/aromatic N) is 2. The average molecular weight is 272 g/mol. The quantitative estimate of drug-likeness (QED) is 0.932. The first-order valence-corrected chi connectivity index (χ1v) is 6.36. The van der Waals surface area contributed by atoms with Crippen molar-refractivity contribution in [2.24, 2.45) is 0 Å². The second-order valence-corrected chi connectivity index (χ2v) is 4.76. The van der Waals surface area contributed by atoms with Gasteiger partial charge in [-0.15, -0.1) is 0 Å². The molecule has 0 radical (unpaired) electrons. The fourth-order valence-corrected chi connectivity index (χ4v) is 2.55. The molecule has 0 saturated heterocycles. The maximum absolute atomic E-state index is 13.3. The predicted octanol–water partition coefficient (Wildman–Crippen LogP) is 2.48. The Labute approximate surface area is 115 Å². The Balaban J connectivity index is 1.91. The Morgan fingerprint density at radius 2 is 2.25 bits per heavy atom. The molecule has 1 aliphatic heterocycles. The van der Waals surface area contributed by atoms with Crippen LogP contribution in [0.2, 0.25) is 0 Å². The van der Waals surface area contributed by atoms with Gasteiger partial charge in [0.15, 0.2) is 5.69 Å². The minimum Gasteiger partial charge on any atom is -0.477 e. The van der Waals surface area contributed by atoms with Crippen molar-refractivity contribution in [2.75, 3.05) is 11.4 Å². The highest BCUT2D eigenvalue weighted by atomic mass is 19.1. The van der Waals surface area contributed by atoms with Gasteiger partial charge in [0.1, 0.15) is 5.82 Å². The lowest BCUT2D eigenvalue weighted by molar-refractivity contribution is 0.0689. The Morgan fingerprint density at radius 1 is 1.40 bits per heavy atom. The predicted molar refractivity (Wildman–Crippen MR) is 72.4 cm³/mol. The molecule has 1 N–H and O–H groups in total. The number of aromatic nitrogens is 1. The van der Waals surface area contributed by atoms with E-state index in [-0.39, 0.29) is 11.5 Å². The molecule has 0 aliphatic carbocycles. The van der Waals surface area contributed by atoms with Crippen LogP contribution in [0.15, 0.2) is 36.5 Å². The monoisotopic (exact) mass is 272 g/mol. The Bertz CT molecular complexity index is 673. The molecule has 1 aliphatic rings. The first-order chi connectivity index (χ1) is 9.65. The fourth-order valence-electron chi connectivity index (χ4n) is 2.55. The van der Waals surface area contributed by atoms with Gasteiger partial charge in [0.25, 0.3) is 0 Å². The van der Waals surface area contributed by atoms with Gasteiger partial charge >= 0.3 is 5.97 Å². The largest absolute Gasteiger partial charge is 0.477 e. The second-order valence-electron chi connectivity index (χ2n) is 4.76. The zero-order valence-corrected chi connectivity index (χ0v) is 10.7. The molecule has 0 saturated carbocycles. The van der Waals surface area contributed by atoms with Crippen LogP contribution in [-0.4, -0.2) is 22.6 Å². The second kappa shape index (κ2) is 4.92. The molecule has 0 unspecified atom stereocenters. The first kappa shape index (κ1) is 12.6. The van der Waals surface area contributed by atoms with E-state index in [4.69, 9.17) is 5.11 Å². The molecule has 4 nitrogen and oxygen atoms in total. The van der Waals surface area contributed by atoms with Crippen molar-refractivity contribution >= 4 is 11.7 Å². The van der Waals surface area contributed by atoms with Crippen molar-refractivity contribution in [3.05, 3.63) is 59.2 Å². The van der Waals surface area contributed by atoms with Crippen molar-refractivity contribution in [1.29, 1.82) is 0 Å². The number of benzene rings is 1. The molecule has 1 aromatic heterocycles. The molecule has 3 rings (SSSR count). The Hall–Kier alpha value is -2.43. The lowest BCUT2D eigenvalue weighted by Gasteiger charge is -2.20. The lowest BCUT2D eigenvalue weighted by Crippen LogP contribution is -2.21. The average Bonchev–Trinajstić information content (AvgIpc) is 2.82. The van der Waals surface area contributed by atoms with Gasteiger partial charge in [-0.05, 0) is 30.2 Å². The number of carboxylic acid groups (broad SMARTS) is 1. The Kier molecular flexibility index (Phi) is 3.10. The third-order valence-corrected chi connectivity index (χ3v) is 3.49. The summed E-state index contributed by atoms with van der Waals surface area (Å²) in [6, 6.07) is 8.19. The van der Waals surface area contributed by atoms with E-state index < -0.39 is 5.97 Å². The number of anilines is 1. The van der Waals surface area contributed by atoms with Gasteiger partial charge in [-0.1, -0.05) is 12.1 Å². The summed E-state index contributed by atoms with van der Waals surface area (Å²) in [7, 11) is 0. The van der Waals surface area contributed by atoms with Crippen LogP contribution in [0.25, 0.3) is 0 Å². The van der Waals surface area contributed by atoms with Crippen molar-refractivity contribution in [1.82, 2.24) is 4.98 Å². The molecule has 2 heterocycles. The molecule has 5 heteroatoms. The maximum atomic E-state index is 13.3. The van der Waals surface area contributed by atoms with E-state index in [0.717, 1.165) is 24.2 Å². The van der Waals surface area contributed by atoms with E-state index >= 15 is 0 Å². The van der Waals surface area contributed by atoms with Crippen LogP contribution in [-0.2, 0) is 13.0 Å². The van der Waals surface area contributed by atoms with Gasteiger partial charge in [-0.25, -0.2) is 14.2 Å². The molecular formula is C15H13FN2O2. The van der Waals surface area contributed by atoms with Crippen molar-refractivity contribution in [2.45, 2.75) is 13.0 Å². The van der Waals surface area contributed by atoms with E-state index in [9.17, 15) is 9.18 Å². The highest BCUT2D eigenvalue weighted by molar-refractivity contribution is 5.87. The molecule has 0 amide bonds. The number of hydrogen-bond acceptors (Lipinski definition) is 3. The highest BCUT2D eigenvalue weighted by Gasteiger charge is 2.21. The molecule has 0 fully saturated rings. The number of carboxylic acids is 1. The number of carbonyl (C=O) groups is 1. The van der Waals surface area contributed by atoms with E-state index in [1.165, 1.54) is 18.3 Å². The van der Waals surface area contributed by atoms with E-state index in [0.29, 0.717) is 12.1 Å². The third-order valence-electron chi connectivity index (χ3n) is 3.49. The Morgan fingerprint density at radius 3 is 3.05 bits per heavy atom. The van der Waals surface area contributed by atoms with Crippen LogP contribution >= 0.6 is 0 Å². The van der Waals surface area contributed by atoms with Crippen molar-refractivity contribution < 1.29 is 14.3 Å². The number of hydrogen-bond donors (Lipinski definition) is 1. The summed E-state index contributed by atoms with van der Waals surface area (Å²) in [6.07, 6.45) is 2.31. The van der Waals surface area contributed by atoms with Gasteiger partial charge < -0.3 is 10.0 Å². The summed E-state index contributed by atoms with van der Waals surface area (Å²) in [5, 5.41) is 9.14. The van der Waals surface area contributed by atoms with Crippen molar-refractivity contribution in [3.63, 3.8) is 0 Å². The van der Waals surface area contributed by atoms with Crippen LogP contribution in [0.1, 0.15) is 21.6 Å². The highest BCUT2D eigenvalue weighted by Crippen LogP contribution is 2.30. The zero-order valence-electron chi connectivity index (χ0n) is 10.7. The number of halogens is 1. The summed E-state index contributed by atoms with van der Waals surface area (Å²) in [4.78, 5) is 17.0. The summed E-state index contributed by atoms with van der Waals surface area (Å²) in [6.45, 7) is 1.18.